The smallest absolute Gasteiger partial charge is 0.211 e. The molecule has 2 rings (SSSR count). The van der Waals surface area contributed by atoms with Gasteiger partial charge in [0.05, 0.1) is 10.2 Å². The Kier molecular flexibility index (Phi) is 5.54. The lowest BCUT2D eigenvalue weighted by Crippen LogP contribution is -2.16. The number of aliphatic imine (C=N–C) groups is 1. The highest BCUT2D eigenvalue weighted by Gasteiger charge is 2.24. The zero-order chi connectivity index (χ0) is 17.4. The Hall–Kier alpha value is -0.520. The lowest BCUT2D eigenvalue weighted by molar-refractivity contribution is 0.573. The summed E-state index contributed by atoms with van der Waals surface area (Å²) in [6.07, 6.45) is 4.11. The molecular weight excluding hydrogens is 340 g/mol. The van der Waals surface area contributed by atoms with Crippen LogP contribution in [0, 0.1) is 0 Å². The van der Waals surface area contributed by atoms with E-state index in [1.54, 1.807) is 34.9 Å². The first-order valence-electron chi connectivity index (χ1n) is 7.68. The monoisotopic (exact) mass is 366 g/mol. The van der Waals surface area contributed by atoms with Gasteiger partial charge in [-0.05, 0) is 40.5 Å². The quantitative estimate of drug-likeness (QED) is 0.419. The fourth-order valence-electron chi connectivity index (χ4n) is 2.31. The van der Waals surface area contributed by atoms with Crippen molar-refractivity contribution < 1.29 is 0 Å². The second kappa shape index (κ2) is 6.77. The Balaban J connectivity index is 2.71. The van der Waals surface area contributed by atoms with Crippen LogP contribution in [0.3, 0.4) is 0 Å². The summed E-state index contributed by atoms with van der Waals surface area (Å²) in [5, 5.41) is 0.857. The predicted octanol–water partition coefficient (Wildman–Crippen LogP) is 6.60. The molecule has 0 spiro atoms. The van der Waals surface area contributed by atoms with E-state index in [-0.39, 0.29) is 10.8 Å². The Morgan fingerprint density at radius 2 is 1.61 bits per heavy atom. The fraction of sp³-hybridized carbons (Fsp3) is 0.556. The molecule has 0 saturated carbocycles. The minimum absolute atomic E-state index is 0.0921. The number of benzene rings is 1. The van der Waals surface area contributed by atoms with E-state index in [1.807, 2.05) is 0 Å². The molecule has 0 bridgehead atoms. The van der Waals surface area contributed by atoms with E-state index >= 15 is 0 Å². The van der Waals surface area contributed by atoms with Gasteiger partial charge in [-0.15, -0.1) is 23.5 Å². The molecule has 126 valence electrons. The molecule has 0 unspecified atom stereocenters. The maximum atomic E-state index is 4.80. The Morgan fingerprint density at radius 3 is 2.09 bits per heavy atom. The topological polar surface area (TPSA) is 25.2 Å². The van der Waals surface area contributed by atoms with Gasteiger partial charge in [-0.1, -0.05) is 58.9 Å². The van der Waals surface area contributed by atoms with Crippen LogP contribution < -0.4 is 0 Å². The molecule has 0 aliphatic carbocycles. The molecule has 0 radical (unpaired) electrons. The number of rotatable bonds is 1. The van der Waals surface area contributed by atoms with E-state index < -0.39 is 0 Å². The minimum atomic E-state index is 0.0921. The maximum absolute atomic E-state index is 4.80. The van der Waals surface area contributed by atoms with Crippen LogP contribution in [0.2, 0.25) is 0 Å². The molecule has 1 aromatic carbocycles. The molecule has 5 heteroatoms. The van der Waals surface area contributed by atoms with E-state index in [9.17, 15) is 0 Å². The summed E-state index contributed by atoms with van der Waals surface area (Å²) >= 11 is 5.05. The standard InChI is InChI=1S/C18H26N2S3/c1-17(2,3)11-9-12(18(4,5)6)14-13(10-11)19-15(23-14)20-16(21-7)22-8/h9-10H,1-8H3. The summed E-state index contributed by atoms with van der Waals surface area (Å²) in [4.78, 5) is 9.50. The normalized spacial score (nSPS) is 12.7. The predicted molar refractivity (Wildman–Crippen MR) is 111 cm³/mol. The van der Waals surface area contributed by atoms with Crippen LogP contribution in [0.5, 0.6) is 0 Å². The highest BCUT2D eigenvalue weighted by atomic mass is 32.2. The van der Waals surface area contributed by atoms with Crippen molar-refractivity contribution in [2.24, 2.45) is 4.99 Å². The number of hydrogen-bond acceptors (Lipinski definition) is 5. The van der Waals surface area contributed by atoms with Crippen molar-refractivity contribution >= 4 is 54.6 Å². The van der Waals surface area contributed by atoms with Crippen molar-refractivity contribution in [1.29, 1.82) is 0 Å². The molecule has 0 saturated heterocycles. The molecule has 0 atom stereocenters. The van der Waals surface area contributed by atoms with Crippen LogP contribution in [-0.4, -0.2) is 21.9 Å². The average Bonchev–Trinajstić information content (AvgIpc) is 2.83. The lowest BCUT2D eigenvalue weighted by atomic mass is 9.80. The first kappa shape index (κ1) is 18.8. The van der Waals surface area contributed by atoms with E-state index in [0.717, 1.165) is 15.0 Å². The second-order valence-electron chi connectivity index (χ2n) is 7.65. The van der Waals surface area contributed by atoms with E-state index in [2.05, 4.69) is 66.2 Å². The summed E-state index contributed by atoms with van der Waals surface area (Å²) < 4.78 is 2.32. The SMILES string of the molecule is CSC(=Nc1nc2cc(C(C)(C)C)cc(C(C)(C)C)c2s1)SC. The maximum Gasteiger partial charge on any atom is 0.211 e. The van der Waals surface area contributed by atoms with Crippen molar-refractivity contribution in [2.45, 2.75) is 52.4 Å². The summed E-state index contributed by atoms with van der Waals surface area (Å²) in [5.41, 5.74) is 3.99. The van der Waals surface area contributed by atoms with Gasteiger partial charge in [-0.25, -0.2) is 9.98 Å². The highest BCUT2D eigenvalue weighted by molar-refractivity contribution is 8.38. The van der Waals surface area contributed by atoms with Crippen LogP contribution in [0.1, 0.15) is 52.7 Å². The summed E-state index contributed by atoms with van der Waals surface area (Å²) in [7, 11) is 0. The van der Waals surface area contributed by atoms with Crippen molar-refractivity contribution in [3.8, 4) is 0 Å². The molecule has 23 heavy (non-hydrogen) atoms. The Bertz CT molecular complexity index is 725. The molecule has 2 nitrogen and oxygen atoms in total. The van der Waals surface area contributed by atoms with Gasteiger partial charge < -0.3 is 0 Å². The third-order valence-electron chi connectivity index (χ3n) is 3.69. The lowest BCUT2D eigenvalue weighted by Gasteiger charge is -2.25. The van der Waals surface area contributed by atoms with Crippen molar-refractivity contribution in [1.82, 2.24) is 4.98 Å². The summed E-state index contributed by atoms with van der Waals surface area (Å²) in [6, 6.07) is 4.59. The molecular formula is C18H26N2S3. The van der Waals surface area contributed by atoms with Gasteiger partial charge >= 0.3 is 0 Å². The van der Waals surface area contributed by atoms with E-state index in [4.69, 9.17) is 9.98 Å². The third-order valence-corrected chi connectivity index (χ3v) is 6.57. The van der Waals surface area contributed by atoms with Crippen molar-refractivity contribution in [3.63, 3.8) is 0 Å². The number of aromatic nitrogens is 1. The molecule has 0 N–H and O–H groups in total. The van der Waals surface area contributed by atoms with Gasteiger partial charge in [0.1, 0.15) is 4.38 Å². The first-order valence-corrected chi connectivity index (χ1v) is 10.9. The van der Waals surface area contributed by atoms with Gasteiger partial charge in [0.25, 0.3) is 0 Å². The van der Waals surface area contributed by atoms with Crippen LogP contribution in [0.25, 0.3) is 10.2 Å². The van der Waals surface area contributed by atoms with Gasteiger partial charge in [0.2, 0.25) is 5.13 Å². The van der Waals surface area contributed by atoms with E-state index in [0.29, 0.717) is 0 Å². The van der Waals surface area contributed by atoms with Crippen LogP contribution >= 0.6 is 34.9 Å². The number of hydrogen-bond donors (Lipinski definition) is 0. The van der Waals surface area contributed by atoms with Crippen molar-refractivity contribution in [3.05, 3.63) is 23.3 Å². The third kappa shape index (κ3) is 4.31. The van der Waals surface area contributed by atoms with Crippen molar-refractivity contribution in [2.75, 3.05) is 12.5 Å². The van der Waals surface area contributed by atoms with Gasteiger partial charge in [0.15, 0.2) is 0 Å². The highest BCUT2D eigenvalue weighted by Crippen LogP contribution is 2.40. The Morgan fingerprint density at radius 1 is 1.00 bits per heavy atom. The largest absolute Gasteiger partial charge is 0.218 e. The molecule has 0 aliphatic heterocycles. The zero-order valence-corrected chi connectivity index (χ0v) is 17.7. The summed E-state index contributed by atoms with van der Waals surface area (Å²) in [5.74, 6) is 0. The molecule has 0 amide bonds. The van der Waals surface area contributed by atoms with Crippen LogP contribution in [0.4, 0.5) is 5.13 Å². The first-order chi connectivity index (χ1) is 10.6. The number of fused-ring (bicyclic) bond motifs is 1. The summed E-state index contributed by atoms with van der Waals surface area (Å²) in [6.45, 7) is 13.6. The van der Waals surface area contributed by atoms with E-state index in [1.165, 1.54) is 15.8 Å². The second-order valence-corrected chi connectivity index (χ2v) is 10.5. The van der Waals surface area contributed by atoms with Gasteiger partial charge in [-0.3, -0.25) is 0 Å². The average molecular weight is 367 g/mol. The van der Waals surface area contributed by atoms with Gasteiger partial charge in [0, 0.05) is 0 Å². The van der Waals surface area contributed by atoms with Crippen LogP contribution in [-0.2, 0) is 10.8 Å². The fourth-order valence-corrected chi connectivity index (χ4v) is 4.60. The number of thiazole rings is 1. The molecule has 0 aliphatic rings. The minimum Gasteiger partial charge on any atom is -0.218 e. The molecule has 2 aromatic rings. The zero-order valence-electron chi connectivity index (χ0n) is 15.3. The van der Waals surface area contributed by atoms with Gasteiger partial charge in [-0.2, -0.15) is 0 Å². The molecule has 1 aromatic heterocycles. The molecule has 0 fully saturated rings. The Labute approximate surface area is 152 Å². The number of thioether (sulfide) groups is 2. The number of nitrogens with zero attached hydrogens (tertiary/aromatic N) is 2. The molecule has 1 heterocycles. The van der Waals surface area contributed by atoms with Crippen LogP contribution in [0.15, 0.2) is 17.1 Å².